The van der Waals surface area contributed by atoms with Crippen LogP contribution in [0.5, 0.6) is 0 Å². The Labute approximate surface area is 100 Å². The Morgan fingerprint density at radius 1 is 1.41 bits per heavy atom. The zero-order valence-corrected chi connectivity index (χ0v) is 9.63. The van der Waals surface area contributed by atoms with E-state index in [4.69, 9.17) is 5.73 Å². The number of fused-ring (bicyclic) bond motifs is 1. The molecule has 0 bridgehead atoms. The summed E-state index contributed by atoms with van der Waals surface area (Å²) in [6.07, 6.45) is 2.79. The topological polar surface area (TPSA) is 59.1 Å². The van der Waals surface area contributed by atoms with Gasteiger partial charge in [-0.15, -0.1) is 0 Å². The summed E-state index contributed by atoms with van der Waals surface area (Å²) >= 11 is 0. The van der Waals surface area contributed by atoms with E-state index < -0.39 is 0 Å². The molecule has 1 fully saturated rings. The minimum Gasteiger partial charge on any atom is -0.396 e. The van der Waals surface area contributed by atoms with E-state index in [1.54, 1.807) is 6.20 Å². The zero-order valence-electron chi connectivity index (χ0n) is 9.63. The fraction of sp³-hybridized carbons (Fsp3) is 0.357. The van der Waals surface area contributed by atoms with Crippen molar-refractivity contribution in [1.29, 1.82) is 0 Å². The maximum Gasteiger partial charge on any atom is 0.0702 e. The summed E-state index contributed by atoms with van der Waals surface area (Å²) in [5, 5.41) is 10.6. The van der Waals surface area contributed by atoms with Gasteiger partial charge in [0.1, 0.15) is 0 Å². The van der Waals surface area contributed by atoms with E-state index in [0.717, 1.165) is 17.3 Å². The van der Waals surface area contributed by atoms with E-state index in [2.05, 4.69) is 23.2 Å². The molecule has 2 aromatic rings. The first-order chi connectivity index (χ1) is 8.29. The van der Waals surface area contributed by atoms with Crippen molar-refractivity contribution >= 4 is 10.9 Å². The van der Waals surface area contributed by atoms with Gasteiger partial charge in [0.15, 0.2) is 0 Å². The number of hydrogen-bond donors (Lipinski definition) is 2. The lowest BCUT2D eigenvalue weighted by molar-refractivity contribution is 0.211. The normalized spacial score (nSPS) is 27.3. The first-order valence-corrected chi connectivity index (χ1v) is 5.95. The number of rotatable bonds is 3. The van der Waals surface area contributed by atoms with Gasteiger partial charge in [0.2, 0.25) is 0 Å². The fourth-order valence-electron chi connectivity index (χ4n) is 2.59. The van der Waals surface area contributed by atoms with Crippen LogP contribution in [-0.4, -0.2) is 23.2 Å². The molecular weight excluding hydrogens is 212 g/mol. The van der Waals surface area contributed by atoms with Crippen LogP contribution in [0.4, 0.5) is 0 Å². The quantitative estimate of drug-likeness (QED) is 0.840. The van der Waals surface area contributed by atoms with E-state index in [1.165, 1.54) is 5.56 Å². The van der Waals surface area contributed by atoms with Crippen molar-refractivity contribution in [2.75, 3.05) is 13.2 Å². The Balaban J connectivity index is 1.98. The molecule has 0 aliphatic heterocycles. The highest BCUT2D eigenvalue weighted by Gasteiger charge is 2.53. The van der Waals surface area contributed by atoms with Gasteiger partial charge < -0.3 is 10.8 Å². The number of nitrogens with two attached hydrogens (primary N) is 1. The summed E-state index contributed by atoms with van der Waals surface area (Å²) in [4.78, 5) is 4.30. The van der Waals surface area contributed by atoms with Gasteiger partial charge >= 0.3 is 0 Å². The standard InChI is InChI=1S/C14H16N2O/c15-8-14(9-17)7-12(14)10-3-4-13-11(6-10)2-1-5-16-13/h1-6,12,17H,7-9,15H2. The van der Waals surface area contributed by atoms with E-state index in [0.29, 0.717) is 12.5 Å². The average molecular weight is 228 g/mol. The van der Waals surface area contributed by atoms with Crippen LogP contribution in [0, 0.1) is 5.41 Å². The zero-order chi connectivity index (χ0) is 11.9. The molecule has 1 aromatic carbocycles. The summed E-state index contributed by atoms with van der Waals surface area (Å²) in [5.74, 6) is 0.405. The highest BCUT2D eigenvalue weighted by molar-refractivity contribution is 5.79. The van der Waals surface area contributed by atoms with Crippen LogP contribution in [0.1, 0.15) is 17.9 Å². The molecule has 0 amide bonds. The van der Waals surface area contributed by atoms with Gasteiger partial charge in [-0.25, -0.2) is 0 Å². The van der Waals surface area contributed by atoms with Crippen molar-refractivity contribution < 1.29 is 5.11 Å². The third-order valence-corrected chi connectivity index (χ3v) is 3.94. The summed E-state index contributed by atoms with van der Waals surface area (Å²) in [6, 6.07) is 10.3. The molecule has 3 heteroatoms. The predicted octanol–water partition coefficient (Wildman–Crippen LogP) is 1.66. The van der Waals surface area contributed by atoms with Crippen LogP contribution < -0.4 is 5.73 Å². The van der Waals surface area contributed by atoms with Gasteiger partial charge in [-0.05, 0) is 36.1 Å². The SMILES string of the molecule is NCC1(CO)CC1c1ccc2ncccc2c1. The summed E-state index contributed by atoms with van der Waals surface area (Å²) in [6.45, 7) is 0.735. The largest absolute Gasteiger partial charge is 0.396 e. The van der Waals surface area contributed by atoms with Gasteiger partial charge in [-0.1, -0.05) is 12.1 Å². The lowest BCUT2D eigenvalue weighted by atomic mass is 9.99. The molecule has 1 aliphatic carbocycles. The number of pyridine rings is 1. The first kappa shape index (κ1) is 10.7. The molecule has 1 aliphatic rings. The van der Waals surface area contributed by atoms with Gasteiger partial charge in [0, 0.05) is 23.5 Å². The predicted molar refractivity (Wildman–Crippen MR) is 67.7 cm³/mol. The molecule has 1 saturated carbocycles. The number of aliphatic hydroxyl groups is 1. The van der Waals surface area contributed by atoms with E-state index in [-0.39, 0.29) is 12.0 Å². The summed E-state index contributed by atoms with van der Waals surface area (Å²) in [5.41, 5.74) is 7.96. The van der Waals surface area contributed by atoms with Crippen LogP contribution in [0.15, 0.2) is 36.5 Å². The second-order valence-corrected chi connectivity index (χ2v) is 4.94. The first-order valence-electron chi connectivity index (χ1n) is 5.95. The highest BCUT2D eigenvalue weighted by Crippen LogP contribution is 2.58. The molecule has 88 valence electrons. The van der Waals surface area contributed by atoms with Crippen LogP contribution in [-0.2, 0) is 0 Å². The van der Waals surface area contributed by atoms with Crippen LogP contribution in [0.25, 0.3) is 10.9 Å². The number of aromatic nitrogens is 1. The fourth-order valence-corrected chi connectivity index (χ4v) is 2.59. The lowest BCUT2D eigenvalue weighted by Gasteiger charge is -2.11. The molecule has 3 rings (SSSR count). The van der Waals surface area contributed by atoms with Gasteiger partial charge in [0.05, 0.1) is 12.1 Å². The molecule has 1 heterocycles. The van der Waals surface area contributed by atoms with Crippen molar-refractivity contribution in [3.05, 3.63) is 42.1 Å². The number of aliphatic hydroxyl groups excluding tert-OH is 1. The van der Waals surface area contributed by atoms with Crippen molar-refractivity contribution in [2.45, 2.75) is 12.3 Å². The Morgan fingerprint density at radius 2 is 2.29 bits per heavy atom. The number of benzene rings is 1. The second kappa shape index (κ2) is 3.79. The molecule has 1 aromatic heterocycles. The third kappa shape index (κ3) is 1.63. The summed E-state index contributed by atoms with van der Waals surface area (Å²) in [7, 11) is 0. The molecule has 2 unspecified atom stereocenters. The summed E-state index contributed by atoms with van der Waals surface area (Å²) < 4.78 is 0. The minimum absolute atomic E-state index is 0.0735. The maximum absolute atomic E-state index is 9.41. The Bertz CT molecular complexity index is 549. The van der Waals surface area contributed by atoms with Crippen LogP contribution >= 0.6 is 0 Å². The smallest absolute Gasteiger partial charge is 0.0702 e. The molecule has 0 spiro atoms. The van der Waals surface area contributed by atoms with Gasteiger partial charge in [0.25, 0.3) is 0 Å². The van der Waals surface area contributed by atoms with Crippen LogP contribution in [0.2, 0.25) is 0 Å². The molecule has 0 radical (unpaired) electrons. The minimum atomic E-state index is -0.0735. The molecular formula is C14H16N2O. The number of nitrogens with zero attached hydrogens (tertiary/aromatic N) is 1. The van der Waals surface area contributed by atoms with E-state index in [9.17, 15) is 5.11 Å². The highest BCUT2D eigenvalue weighted by atomic mass is 16.3. The molecule has 3 N–H and O–H groups in total. The van der Waals surface area contributed by atoms with Gasteiger partial charge in [-0.2, -0.15) is 0 Å². The van der Waals surface area contributed by atoms with Crippen molar-refractivity contribution in [2.24, 2.45) is 11.1 Å². The number of hydrogen-bond acceptors (Lipinski definition) is 3. The Morgan fingerprint density at radius 3 is 3.00 bits per heavy atom. The average Bonchev–Trinajstić information content (AvgIpc) is 3.13. The molecule has 2 atom stereocenters. The molecule has 3 nitrogen and oxygen atoms in total. The van der Waals surface area contributed by atoms with Crippen molar-refractivity contribution in [3.8, 4) is 0 Å². The van der Waals surface area contributed by atoms with Gasteiger partial charge in [-0.3, -0.25) is 4.98 Å². The second-order valence-electron chi connectivity index (χ2n) is 4.94. The molecule has 17 heavy (non-hydrogen) atoms. The monoisotopic (exact) mass is 228 g/mol. The maximum atomic E-state index is 9.41. The van der Waals surface area contributed by atoms with E-state index in [1.807, 2.05) is 12.1 Å². The van der Waals surface area contributed by atoms with Crippen molar-refractivity contribution in [3.63, 3.8) is 0 Å². The lowest BCUT2D eigenvalue weighted by Crippen LogP contribution is -2.21. The Kier molecular flexibility index (Phi) is 2.38. The third-order valence-electron chi connectivity index (χ3n) is 3.94. The Hall–Kier alpha value is -1.45. The van der Waals surface area contributed by atoms with E-state index >= 15 is 0 Å². The molecule has 0 saturated heterocycles. The van der Waals surface area contributed by atoms with Crippen molar-refractivity contribution in [1.82, 2.24) is 4.98 Å². The van der Waals surface area contributed by atoms with Crippen LogP contribution in [0.3, 0.4) is 0 Å².